The zero-order valence-corrected chi connectivity index (χ0v) is 22.9. The Morgan fingerprint density at radius 3 is 2.61 bits per heavy atom. The highest BCUT2D eigenvalue weighted by Crippen LogP contribution is 2.40. The van der Waals surface area contributed by atoms with Crippen molar-refractivity contribution in [1.82, 2.24) is 0 Å². The molecule has 0 bridgehead atoms. The van der Waals surface area contributed by atoms with Gasteiger partial charge in [0.1, 0.15) is 34.5 Å². The van der Waals surface area contributed by atoms with Crippen LogP contribution in [0.5, 0.6) is 5.75 Å². The molecule has 0 atom stereocenters. The minimum atomic E-state index is -0.764. The van der Waals surface area contributed by atoms with E-state index in [-0.39, 0.29) is 35.4 Å². The first-order valence-corrected chi connectivity index (χ1v) is 13.2. The Kier molecular flexibility index (Phi) is 8.81. The van der Waals surface area contributed by atoms with Gasteiger partial charge in [0.25, 0.3) is 5.91 Å². The Morgan fingerprint density at radius 1 is 1.11 bits per heavy atom. The number of rotatable bonds is 7. The van der Waals surface area contributed by atoms with Crippen molar-refractivity contribution in [2.75, 3.05) is 6.61 Å². The Bertz CT molecular complexity index is 1500. The average Bonchev–Trinajstić information content (AvgIpc) is 3.18. The summed E-state index contributed by atoms with van der Waals surface area (Å²) >= 11 is 4.49. The van der Waals surface area contributed by atoms with Crippen molar-refractivity contribution in [3.8, 4) is 5.75 Å². The second kappa shape index (κ2) is 12.2. The highest BCUT2D eigenvalue weighted by Gasteiger charge is 2.34. The average molecular weight is 596 g/mol. The molecule has 194 valence electrons. The predicted octanol–water partition coefficient (Wildman–Crippen LogP) is 7.18. The number of hydrogen-bond acceptors (Lipinski definition) is 6. The SMILES string of the molecule is CCOC(=O)C1=C(O)/C(=C/c2ccc(OCc3cccc(F)c3)c(Br)c2)SC1=NC(=O)c1ccccc1C. The van der Waals surface area contributed by atoms with Gasteiger partial charge in [0.05, 0.1) is 16.0 Å². The fourth-order valence-electron chi connectivity index (χ4n) is 3.62. The molecule has 1 heterocycles. The van der Waals surface area contributed by atoms with E-state index in [2.05, 4.69) is 20.9 Å². The fourth-order valence-corrected chi connectivity index (χ4v) is 5.14. The number of esters is 1. The van der Waals surface area contributed by atoms with Gasteiger partial charge in [0, 0.05) is 5.56 Å². The van der Waals surface area contributed by atoms with Gasteiger partial charge in [-0.25, -0.2) is 14.2 Å². The van der Waals surface area contributed by atoms with Gasteiger partial charge in [-0.05, 0) is 82.9 Å². The zero-order valence-electron chi connectivity index (χ0n) is 20.5. The summed E-state index contributed by atoms with van der Waals surface area (Å²) in [5.41, 5.74) is 2.38. The van der Waals surface area contributed by atoms with Gasteiger partial charge in [-0.1, -0.05) is 48.2 Å². The summed E-state index contributed by atoms with van der Waals surface area (Å²) in [6.07, 6.45) is 1.67. The molecule has 0 saturated heterocycles. The van der Waals surface area contributed by atoms with Crippen LogP contribution in [0.15, 0.2) is 92.4 Å². The summed E-state index contributed by atoms with van der Waals surface area (Å²) in [4.78, 5) is 30.0. The summed E-state index contributed by atoms with van der Waals surface area (Å²) in [5.74, 6) is -1.39. The predicted molar refractivity (Wildman–Crippen MR) is 150 cm³/mol. The van der Waals surface area contributed by atoms with Crippen LogP contribution in [-0.2, 0) is 16.1 Å². The van der Waals surface area contributed by atoms with Crippen LogP contribution in [0.2, 0.25) is 0 Å². The number of thioether (sulfide) groups is 1. The number of carbonyl (C=O) groups is 2. The quantitative estimate of drug-likeness (QED) is 0.291. The smallest absolute Gasteiger partial charge is 0.344 e. The lowest BCUT2D eigenvalue weighted by molar-refractivity contribution is -0.138. The standard InChI is InChI=1S/C29H23BrFNO5S/c1-3-36-29(35)25-26(33)24(38-28(25)32-27(34)21-10-5-4-7-17(21)2)15-18-11-12-23(22(30)14-18)37-16-19-8-6-9-20(31)13-19/h4-15,33H,3,16H2,1-2H3/b24-15-,32-28?. The van der Waals surface area contributed by atoms with Crippen molar-refractivity contribution in [3.63, 3.8) is 0 Å². The van der Waals surface area contributed by atoms with Crippen LogP contribution in [0, 0.1) is 12.7 Å². The number of halogens is 2. The molecule has 0 spiro atoms. The highest BCUT2D eigenvalue weighted by atomic mass is 79.9. The van der Waals surface area contributed by atoms with Crippen LogP contribution >= 0.6 is 27.7 Å². The van der Waals surface area contributed by atoms with Crippen LogP contribution in [0.25, 0.3) is 6.08 Å². The van der Waals surface area contributed by atoms with E-state index in [1.165, 1.54) is 12.1 Å². The third-order valence-corrected chi connectivity index (χ3v) is 7.13. The largest absolute Gasteiger partial charge is 0.506 e. The highest BCUT2D eigenvalue weighted by molar-refractivity contribution is 9.10. The first-order chi connectivity index (χ1) is 18.3. The maximum atomic E-state index is 13.4. The van der Waals surface area contributed by atoms with Crippen LogP contribution < -0.4 is 4.74 Å². The van der Waals surface area contributed by atoms with Gasteiger partial charge in [-0.15, -0.1) is 0 Å². The van der Waals surface area contributed by atoms with Gasteiger partial charge < -0.3 is 14.6 Å². The Balaban J connectivity index is 1.60. The lowest BCUT2D eigenvalue weighted by Crippen LogP contribution is -2.14. The number of ether oxygens (including phenoxy) is 2. The van der Waals surface area contributed by atoms with Gasteiger partial charge in [0.2, 0.25) is 0 Å². The van der Waals surface area contributed by atoms with E-state index in [1.54, 1.807) is 68.5 Å². The second-order valence-corrected chi connectivity index (χ2v) is 10.1. The van der Waals surface area contributed by atoms with E-state index in [0.717, 1.165) is 17.3 Å². The molecule has 0 radical (unpaired) electrons. The number of nitrogens with zero attached hydrogens (tertiary/aromatic N) is 1. The normalized spacial score (nSPS) is 15.3. The number of aliphatic imine (C=N–C) groups is 1. The Morgan fingerprint density at radius 2 is 1.89 bits per heavy atom. The number of benzene rings is 3. The van der Waals surface area contributed by atoms with Crippen molar-refractivity contribution in [2.24, 2.45) is 4.99 Å². The van der Waals surface area contributed by atoms with E-state index in [4.69, 9.17) is 9.47 Å². The lowest BCUT2D eigenvalue weighted by Gasteiger charge is -2.09. The molecule has 0 fully saturated rings. The van der Waals surface area contributed by atoms with Crippen LogP contribution in [0.1, 0.15) is 34.0 Å². The van der Waals surface area contributed by atoms with Crippen molar-refractivity contribution >= 4 is 50.7 Å². The molecular weight excluding hydrogens is 573 g/mol. The zero-order chi connectivity index (χ0) is 27.2. The number of hydrogen-bond donors (Lipinski definition) is 1. The van der Waals surface area contributed by atoms with E-state index in [1.807, 2.05) is 6.07 Å². The Labute approximate surface area is 232 Å². The number of aliphatic hydroxyl groups excluding tert-OH is 1. The van der Waals surface area contributed by atoms with Gasteiger partial charge >= 0.3 is 5.97 Å². The molecule has 0 unspecified atom stereocenters. The fraction of sp³-hybridized carbons (Fsp3) is 0.138. The van der Waals surface area contributed by atoms with Crippen molar-refractivity contribution in [3.05, 3.63) is 116 Å². The summed E-state index contributed by atoms with van der Waals surface area (Å²) in [6, 6.07) is 18.4. The van der Waals surface area contributed by atoms with E-state index in [9.17, 15) is 19.1 Å². The minimum absolute atomic E-state index is 0.0644. The Hall–Kier alpha value is -3.69. The molecule has 0 aliphatic carbocycles. The molecule has 1 aliphatic rings. The number of aliphatic hydroxyl groups is 1. The third kappa shape index (κ3) is 6.41. The van der Waals surface area contributed by atoms with E-state index in [0.29, 0.717) is 31.8 Å². The molecule has 1 aliphatic heterocycles. The minimum Gasteiger partial charge on any atom is -0.506 e. The molecule has 3 aromatic rings. The molecule has 3 aromatic carbocycles. The van der Waals surface area contributed by atoms with E-state index >= 15 is 0 Å². The van der Waals surface area contributed by atoms with Crippen molar-refractivity contribution in [2.45, 2.75) is 20.5 Å². The second-order valence-electron chi connectivity index (χ2n) is 8.20. The number of aryl methyl sites for hydroxylation is 1. The molecule has 38 heavy (non-hydrogen) atoms. The van der Waals surface area contributed by atoms with Gasteiger partial charge in [0.15, 0.2) is 0 Å². The summed E-state index contributed by atoms with van der Waals surface area (Å²) in [6.45, 7) is 3.73. The number of carbonyl (C=O) groups excluding carboxylic acids is 2. The molecule has 4 rings (SSSR count). The van der Waals surface area contributed by atoms with Gasteiger partial charge in [-0.3, -0.25) is 4.79 Å². The van der Waals surface area contributed by atoms with Crippen molar-refractivity contribution < 1.29 is 28.6 Å². The third-order valence-electron chi connectivity index (χ3n) is 5.49. The van der Waals surface area contributed by atoms with E-state index < -0.39 is 11.9 Å². The molecule has 0 saturated carbocycles. The molecule has 1 amide bonds. The maximum absolute atomic E-state index is 13.4. The molecular formula is C29H23BrFNO5S. The molecule has 0 aromatic heterocycles. The maximum Gasteiger partial charge on any atom is 0.344 e. The first kappa shape index (κ1) is 27.3. The molecule has 9 heteroatoms. The molecule has 1 N–H and O–H groups in total. The first-order valence-electron chi connectivity index (χ1n) is 11.6. The summed E-state index contributed by atoms with van der Waals surface area (Å²) in [7, 11) is 0. The van der Waals surface area contributed by atoms with Crippen LogP contribution in [0.4, 0.5) is 4.39 Å². The summed E-state index contributed by atoms with van der Waals surface area (Å²) < 4.78 is 25.0. The van der Waals surface area contributed by atoms with Crippen molar-refractivity contribution in [1.29, 1.82) is 0 Å². The lowest BCUT2D eigenvalue weighted by atomic mass is 10.1. The number of amides is 1. The monoisotopic (exact) mass is 595 g/mol. The summed E-state index contributed by atoms with van der Waals surface area (Å²) in [5, 5.41) is 11.0. The topological polar surface area (TPSA) is 85.2 Å². The molecule has 6 nitrogen and oxygen atoms in total. The van der Waals surface area contributed by atoms with Crippen LogP contribution in [0.3, 0.4) is 0 Å². The van der Waals surface area contributed by atoms with Crippen LogP contribution in [-0.4, -0.2) is 28.6 Å². The van der Waals surface area contributed by atoms with Gasteiger partial charge in [-0.2, -0.15) is 0 Å².